The van der Waals surface area contributed by atoms with E-state index in [2.05, 4.69) is 164 Å². The molecule has 6 aromatic carbocycles. The van der Waals surface area contributed by atoms with Gasteiger partial charge in [-0.1, -0.05) is 182 Å². The normalized spacial score (nSPS) is 18.3. The first-order chi connectivity index (χ1) is 31.0. The second-order valence-corrected chi connectivity index (χ2v) is 16.5. The van der Waals surface area contributed by atoms with Gasteiger partial charge in [-0.2, -0.15) is 5.26 Å². The minimum absolute atomic E-state index is 0.0906. The third-order valence-corrected chi connectivity index (χ3v) is 12.8. The fourth-order valence-corrected chi connectivity index (χ4v) is 9.77. The molecule has 10 rings (SSSR count). The molecule has 0 radical (unpaired) electrons. The summed E-state index contributed by atoms with van der Waals surface area (Å²) in [6.07, 6.45) is 20.8. The van der Waals surface area contributed by atoms with Crippen molar-refractivity contribution in [2.75, 3.05) is 0 Å². The maximum absolute atomic E-state index is 9.63. The first-order valence-corrected chi connectivity index (χ1v) is 21.7. The summed E-state index contributed by atoms with van der Waals surface area (Å²) in [5, 5.41) is 9.63. The van der Waals surface area contributed by atoms with E-state index in [1.807, 2.05) is 55.5 Å². The van der Waals surface area contributed by atoms with Crippen LogP contribution in [0, 0.1) is 29.1 Å². The molecule has 0 saturated carbocycles. The van der Waals surface area contributed by atoms with Crippen LogP contribution < -0.4 is 0 Å². The van der Waals surface area contributed by atoms with Gasteiger partial charge in [0.1, 0.15) is 0 Å². The van der Waals surface area contributed by atoms with Gasteiger partial charge in [-0.05, 0) is 128 Å². The highest BCUT2D eigenvalue weighted by Gasteiger charge is 2.50. The van der Waals surface area contributed by atoms with Crippen molar-refractivity contribution < 1.29 is 0 Å². The maximum Gasteiger partial charge on any atom is 0.155 e. The Kier molecular flexibility index (Phi) is 10.5. The van der Waals surface area contributed by atoms with E-state index in [1.165, 1.54) is 55.6 Å². The van der Waals surface area contributed by atoms with Crippen molar-refractivity contribution in [1.82, 2.24) is 0 Å². The maximum atomic E-state index is 9.63. The van der Waals surface area contributed by atoms with Crippen LogP contribution in [0.4, 0.5) is 0 Å². The number of aliphatic imine (C=N–C) groups is 2. The summed E-state index contributed by atoms with van der Waals surface area (Å²) in [4.78, 5) is 10.2. The molecule has 0 heterocycles. The Morgan fingerprint density at radius 2 is 1.54 bits per heavy atom. The second kappa shape index (κ2) is 16.9. The lowest BCUT2D eigenvalue weighted by molar-refractivity contribution is 0.721. The van der Waals surface area contributed by atoms with Crippen molar-refractivity contribution >= 4 is 23.2 Å². The van der Waals surface area contributed by atoms with Crippen molar-refractivity contribution in [3.8, 4) is 40.2 Å². The molecule has 2 unspecified atom stereocenters. The summed E-state index contributed by atoms with van der Waals surface area (Å²) in [5.41, 5.74) is 19.7. The zero-order chi connectivity index (χ0) is 42.8. The lowest BCUT2D eigenvalue weighted by Crippen LogP contribution is -2.34. The van der Waals surface area contributed by atoms with Gasteiger partial charge in [0, 0.05) is 17.7 Å². The summed E-state index contributed by atoms with van der Waals surface area (Å²) in [7, 11) is 0. The summed E-state index contributed by atoms with van der Waals surface area (Å²) in [6, 6.07) is 51.4. The van der Waals surface area contributed by atoms with E-state index in [9.17, 15) is 5.26 Å². The highest BCUT2D eigenvalue weighted by Crippen LogP contribution is 2.60. The van der Waals surface area contributed by atoms with Gasteiger partial charge >= 0.3 is 0 Å². The number of rotatable bonds is 8. The van der Waals surface area contributed by atoms with Crippen LogP contribution in [0.1, 0.15) is 75.4 Å². The fourth-order valence-electron chi connectivity index (χ4n) is 9.77. The molecule has 0 fully saturated rings. The predicted molar refractivity (Wildman–Crippen MR) is 261 cm³/mol. The molecule has 0 aliphatic heterocycles. The molecule has 0 amide bonds. The molecule has 6 aromatic rings. The number of hydrogen-bond donors (Lipinski definition) is 0. The number of nitrogens with zero attached hydrogens (tertiary/aromatic N) is 3. The zero-order valence-electron chi connectivity index (χ0n) is 35.4. The van der Waals surface area contributed by atoms with Crippen LogP contribution in [0.25, 0.3) is 33.9 Å². The van der Waals surface area contributed by atoms with E-state index in [4.69, 9.17) is 9.98 Å². The van der Waals surface area contributed by atoms with Crippen LogP contribution in [0.2, 0.25) is 0 Å². The van der Waals surface area contributed by atoms with Crippen LogP contribution in [0.5, 0.6) is 0 Å². The molecule has 300 valence electrons. The molecular formula is C60H45N3. The van der Waals surface area contributed by atoms with E-state index in [-0.39, 0.29) is 5.92 Å². The van der Waals surface area contributed by atoms with Gasteiger partial charge < -0.3 is 0 Å². The molecule has 0 aromatic heterocycles. The predicted octanol–water partition coefficient (Wildman–Crippen LogP) is 13.6. The van der Waals surface area contributed by atoms with Gasteiger partial charge in [-0.3, -0.25) is 4.99 Å². The number of hydrogen-bond acceptors (Lipinski definition) is 2. The molecule has 0 bridgehead atoms. The van der Waals surface area contributed by atoms with Gasteiger partial charge in [0.05, 0.1) is 23.9 Å². The van der Waals surface area contributed by atoms with Gasteiger partial charge in [0.25, 0.3) is 0 Å². The number of fused-ring (bicyclic) bond motifs is 9. The highest BCUT2D eigenvalue weighted by molar-refractivity contribution is 6.12. The van der Waals surface area contributed by atoms with E-state index >= 15 is 0 Å². The van der Waals surface area contributed by atoms with Crippen molar-refractivity contribution in [1.29, 1.82) is 5.26 Å². The Bertz CT molecular complexity index is 3150. The fraction of sp³-hybridized carbons (Fsp3) is 0.117. The molecule has 1 spiro atoms. The van der Waals surface area contributed by atoms with E-state index in [0.29, 0.717) is 18.8 Å². The number of amidine groups is 1. The largest absolute Gasteiger partial charge is 0.261 e. The number of nitriles is 1. The van der Waals surface area contributed by atoms with E-state index in [0.717, 1.165) is 52.0 Å². The van der Waals surface area contributed by atoms with Crippen LogP contribution in [-0.2, 0) is 18.4 Å². The lowest BCUT2D eigenvalue weighted by Gasteiger charge is -2.41. The third-order valence-electron chi connectivity index (χ3n) is 12.8. The minimum Gasteiger partial charge on any atom is -0.261 e. The van der Waals surface area contributed by atoms with Crippen molar-refractivity contribution in [2.45, 2.75) is 38.1 Å². The topological polar surface area (TPSA) is 48.5 Å². The summed E-state index contributed by atoms with van der Waals surface area (Å²) in [5.74, 6) is 6.83. The van der Waals surface area contributed by atoms with Crippen molar-refractivity contribution in [3.63, 3.8) is 0 Å². The third kappa shape index (κ3) is 7.19. The lowest BCUT2D eigenvalue weighted by atomic mass is 9.60. The second-order valence-electron chi connectivity index (χ2n) is 16.5. The molecule has 4 aliphatic carbocycles. The monoisotopic (exact) mass is 807 g/mol. The SMILES string of the molecule is C=C/C=C\c1cccc2c1Cc1ccccc1C21c2cc(C3=CCC(C#N)C=C3)ccc2-c2ccc(-c3ccc(C(=N/Cc4ccccc4)/N=C(\C)C4=CCC#CC=C4)cc3)cc21. The van der Waals surface area contributed by atoms with Crippen LogP contribution in [-0.4, -0.2) is 11.5 Å². The Morgan fingerprint density at radius 3 is 2.32 bits per heavy atom. The van der Waals surface area contributed by atoms with Gasteiger partial charge in [-0.25, -0.2) is 4.99 Å². The van der Waals surface area contributed by atoms with Crippen molar-refractivity contribution in [2.24, 2.45) is 15.9 Å². The molecule has 3 nitrogen and oxygen atoms in total. The molecular weight excluding hydrogens is 763 g/mol. The summed E-state index contributed by atoms with van der Waals surface area (Å²) < 4.78 is 0. The van der Waals surface area contributed by atoms with E-state index in [1.54, 1.807) is 0 Å². The average molecular weight is 808 g/mol. The van der Waals surface area contributed by atoms with Crippen LogP contribution >= 0.6 is 0 Å². The molecule has 63 heavy (non-hydrogen) atoms. The Labute approximate surface area is 370 Å². The quantitative estimate of drug-likeness (QED) is 0.0653. The van der Waals surface area contributed by atoms with Gasteiger partial charge in [0.2, 0.25) is 0 Å². The van der Waals surface area contributed by atoms with Crippen LogP contribution in [0.15, 0.2) is 204 Å². The van der Waals surface area contributed by atoms with Gasteiger partial charge in [0.15, 0.2) is 5.84 Å². The molecule has 0 saturated heterocycles. The molecule has 2 atom stereocenters. The Hall–Kier alpha value is -7.85. The minimum atomic E-state index is -0.567. The number of allylic oxidation sites excluding steroid dienone is 10. The standard InChI is InChI=1S/C60H45N3/c1-3-4-17-47-21-14-23-56-54(47)36-51-20-12-13-22-55(51)60(56)57-37-49(45-26-24-42(39-61)25-27-45)32-34-52(57)53-35-33-50(38-58(53)60)46-28-30-48(31-29-46)59(62-40-43-15-8-7-9-16-43)63-41(2)44-18-10-5-6-11-19-44/h3-4,7-10,12-24,26-35,37-38,42H,1,11,25,36,40H2,2H3/b17-4-,62-59-,63-41+. The Morgan fingerprint density at radius 1 is 0.794 bits per heavy atom. The zero-order valence-corrected chi connectivity index (χ0v) is 35.4. The van der Waals surface area contributed by atoms with Gasteiger partial charge in [-0.15, -0.1) is 0 Å². The molecule has 0 N–H and O–H groups in total. The first-order valence-electron chi connectivity index (χ1n) is 21.7. The first kappa shape index (κ1) is 39.3. The smallest absolute Gasteiger partial charge is 0.155 e. The van der Waals surface area contributed by atoms with Crippen molar-refractivity contribution in [3.05, 3.63) is 250 Å². The van der Waals surface area contributed by atoms with E-state index < -0.39 is 5.41 Å². The molecule has 4 aliphatic rings. The number of benzene rings is 6. The average Bonchev–Trinajstić information content (AvgIpc) is 3.45. The summed E-state index contributed by atoms with van der Waals surface area (Å²) in [6.45, 7) is 6.57. The molecule has 3 heteroatoms. The summed E-state index contributed by atoms with van der Waals surface area (Å²) >= 11 is 0. The Balaban J connectivity index is 1.12. The highest BCUT2D eigenvalue weighted by atomic mass is 14.9. The van der Waals surface area contributed by atoms with Crippen LogP contribution in [0.3, 0.4) is 0 Å².